The maximum Gasteiger partial charge on any atom is 0.257 e. The molecule has 0 spiro atoms. The van der Waals surface area contributed by atoms with Crippen LogP contribution in [0.15, 0.2) is 65.1 Å². The van der Waals surface area contributed by atoms with E-state index in [1.54, 1.807) is 12.1 Å². The summed E-state index contributed by atoms with van der Waals surface area (Å²) in [6, 6.07) is 18.6. The van der Waals surface area contributed by atoms with E-state index in [0.29, 0.717) is 22.9 Å². The van der Waals surface area contributed by atoms with E-state index in [9.17, 15) is 4.79 Å². The van der Waals surface area contributed by atoms with Gasteiger partial charge in [0.1, 0.15) is 11.5 Å². The summed E-state index contributed by atoms with van der Waals surface area (Å²) in [5.41, 5.74) is 2.69. The highest BCUT2D eigenvalue weighted by atomic mass is 35.5. The van der Waals surface area contributed by atoms with Gasteiger partial charge >= 0.3 is 0 Å². The molecule has 0 saturated carbocycles. The van der Waals surface area contributed by atoms with E-state index in [1.165, 1.54) is 5.56 Å². The molecule has 1 heterocycles. The Morgan fingerprint density at radius 2 is 1.74 bits per heavy atom. The van der Waals surface area contributed by atoms with E-state index < -0.39 is 0 Å². The normalized spacial score (nSPS) is 10.4. The average molecular weight is 399 g/mol. The summed E-state index contributed by atoms with van der Waals surface area (Å²) in [5, 5.41) is 6.59. The topological polar surface area (TPSA) is 54.3 Å². The highest BCUT2D eigenvalue weighted by molar-refractivity contribution is 7.80. The van der Waals surface area contributed by atoms with Crippen molar-refractivity contribution in [1.29, 1.82) is 0 Å². The molecule has 2 N–H and O–H groups in total. The second-order valence-electron chi connectivity index (χ2n) is 5.96. The van der Waals surface area contributed by atoms with Gasteiger partial charge in [0, 0.05) is 16.1 Å². The first kappa shape index (κ1) is 19.1. The van der Waals surface area contributed by atoms with Gasteiger partial charge in [-0.1, -0.05) is 30.7 Å². The zero-order valence-electron chi connectivity index (χ0n) is 14.8. The van der Waals surface area contributed by atoms with Crippen molar-refractivity contribution >= 4 is 34.8 Å². The Balaban J connectivity index is 1.53. The molecule has 0 aliphatic heterocycles. The third-order valence-corrected chi connectivity index (χ3v) is 4.56. The molecule has 27 heavy (non-hydrogen) atoms. The average Bonchev–Trinajstić information content (AvgIpc) is 3.16. The number of halogens is 1. The molecule has 6 heteroatoms. The van der Waals surface area contributed by atoms with Crippen LogP contribution in [0.25, 0.3) is 11.3 Å². The van der Waals surface area contributed by atoms with E-state index in [2.05, 4.69) is 17.6 Å². The number of aryl methyl sites for hydroxylation is 1. The van der Waals surface area contributed by atoms with Gasteiger partial charge in [-0.15, -0.1) is 0 Å². The number of nitrogens with one attached hydrogen (secondary N) is 2. The standard InChI is InChI=1S/C21H19ClN2O2S/c1-2-14-3-5-16(6-4-14)20(25)24-21(27)23-13-18-11-12-19(26-18)15-7-9-17(22)10-8-15/h3-12H,2,13H2,1H3,(H2,23,24,25,27). The lowest BCUT2D eigenvalue weighted by atomic mass is 10.1. The molecule has 0 bridgehead atoms. The number of furan rings is 1. The summed E-state index contributed by atoms with van der Waals surface area (Å²) in [7, 11) is 0. The van der Waals surface area contributed by atoms with Crippen LogP contribution in [0.3, 0.4) is 0 Å². The van der Waals surface area contributed by atoms with Crippen LogP contribution in [-0.2, 0) is 13.0 Å². The Morgan fingerprint density at radius 3 is 2.41 bits per heavy atom. The number of benzene rings is 2. The molecule has 0 fully saturated rings. The van der Waals surface area contributed by atoms with Gasteiger partial charge in [-0.05, 0) is 72.7 Å². The number of carbonyl (C=O) groups is 1. The van der Waals surface area contributed by atoms with Crippen LogP contribution in [0.5, 0.6) is 0 Å². The van der Waals surface area contributed by atoms with Gasteiger partial charge in [0.2, 0.25) is 0 Å². The van der Waals surface area contributed by atoms with E-state index in [0.717, 1.165) is 17.7 Å². The maximum atomic E-state index is 12.2. The van der Waals surface area contributed by atoms with E-state index in [1.807, 2.05) is 48.5 Å². The first-order valence-corrected chi connectivity index (χ1v) is 9.36. The van der Waals surface area contributed by atoms with Crippen molar-refractivity contribution in [3.8, 4) is 11.3 Å². The van der Waals surface area contributed by atoms with Crippen molar-refractivity contribution in [2.45, 2.75) is 19.9 Å². The summed E-state index contributed by atoms with van der Waals surface area (Å²) in [5.74, 6) is 1.22. The van der Waals surface area contributed by atoms with Crippen LogP contribution in [0.2, 0.25) is 5.02 Å². The molecule has 3 aromatic rings. The van der Waals surface area contributed by atoms with Crippen LogP contribution >= 0.6 is 23.8 Å². The molecule has 1 amide bonds. The van der Waals surface area contributed by atoms with E-state index >= 15 is 0 Å². The summed E-state index contributed by atoms with van der Waals surface area (Å²) < 4.78 is 5.80. The Morgan fingerprint density at radius 1 is 1.04 bits per heavy atom. The lowest BCUT2D eigenvalue weighted by Crippen LogP contribution is -2.38. The Hall–Kier alpha value is -2.63. The van der Waals surface area contributed by atoms with Crippen LogP contribution in [-0.4, -0.2) is 11.0 Å². The molecule has 0 unspecified atom stereocenters. The monoisotopic (exact) mass is 398 g/mol. The highest BCUT2D eigenvalue weighted by Crippen LogP contribution is 2.23. The van der Waals surface area contributed by atoms with Crippen molar-refractivity contribution in [3.05, 3.63) is 82.6 Å². The van der Waals surface area contributed by atoms with Crippen molar-refractivity contribution in [3.63, 3.8) is 0 Å². The summed E-state index contributed by atoms with van der Waals surface area (Å²) in [4.78, 5) is 12.2. The number of thiocarbonyl (C=S) groups is 1. The highest BCUT2D eigenvalue weighted by Gasteiger charge is 2.09. The van der Waals surface area contributed by atoms with Crippen LogP contribution < -0.4 is 10.6 Å². The van der Waals surface area contributed by atoms with E-state index in [-0.39, 0.29) is 11.0 Å². The number of amides is 1. The number of hydrogen-bond donors (Lipinski definition) is 2. The van der Waals surface area contributed by atoms with Gasteiger partial charge in [-0.25, -0.2) is 0 Å². The lowest BCUT2D eigenvalue weighted by Gasteiger charge is -2.09. The Kier molecular flexibility index (Phi) is 6.27. The number of hydrogen-bond acceptors (Lipinski definition) is 3. The first-order chi connectivity index (χ1) is 13.0. The van der Waals surface area contributed by atoms with Crippen molar-refractivity contribution in [2.24, 2.45) is 0 Å². The van der Waals surface area contributed by atoms with Gasteiger partial charge in [-0.2, -0.15) is 0 Å². The van der Waals surface area contributed by atoms with Crippen LogP contribution in [0, 0.1) is 0 Å². The van der Waals surface area contributed by atoms with E-state index in [4.69, 9.17) is 28.2 Å². The molecule has 3 rings (SSSR count). The summed E-state index contributed by atoms with van der Waals surface area (Å²) in [6.45, 7) is 2.45. The molecule has 2 aromatic carbocycles. The lowest BCUT2D eigenvalue weighted by molar-refractivity contribution is 0.0976. The minimum absolute atomic E-state index is 0.239. The second-order valence-corrected chi connectivity index (χ2v) is 6.80. The molecule has 0 saturated heterocycles. The van der Waals surface area contributed by atoms with Crippen LogP contribution in [0.1, 0.15) is 28.6 Å². The van der Waals surface area contributed by atoms with Gasteiger partial charge in [-0.3, -0.25) is 10.1 Å². The fourth-order valence-electron chi connectivity index (χ4n) is 2.52. The SMILES string of the molecule is CCc1ccc(C(=O)NC(=S)NCc2ccc(-c3ccc(Cl)cc3)o2)cc1. The zero-order valence-corrected chi connectivity index (χ0v) is 16.4. The molecule has 0 aliphatic rings. The molecule has 138 valence electrons. The quantitative estimate of drug-likeness (QED) is 0.596. The minimum atomic E-state index is -0.239. The number of carbonyl (C=O) groups excluding carboxylic acids is 1. The summed E-state index contributed by atoms with van der Waals surface area (Å²) >= 11 is 11.1. The zero-order chi connectivity index (χ0) is 19.2. The fourth-order valence-corrected chi connectivity index (χ4v) is 2.81. The predicted molar refractivity (Wildman–Crippen MR) is 112 cm³/mol. The third-order valence-electron chi connectivity index (χ3n) is 4.07. The summed E-state index contributed by atoms with van der Waals surface area (Å²) in [6.07, 6.45) is 0.934. The molecule has 0 aliphatic carbocycles. The second kappa shape index (κ2) is 8.84. The molecule has 0 radical (unpaired) electrons. The minimum Gasteiger partial charge on any atom is -0.459 e. The predicted octanol–water partition coefficient (Wildman–Crippen LogP) is 4.97. The Labute approximate surface area is 168 Å². The first-order valence-electron chi connectivity index (χ1n) is 8.58. The van der Waals surface area contributed by atoms with Gasteiger partial charge in [0.25, 0.3) is 5.91 Å². The maximum absolute atomic E-state index is 12.2. The molecule has 1 aromatic heterocycles. The van der Waals surface area contributed by atoms with Gasteiger partial charge in [0.05, 0.1) is 6.54 Å². The van der Waals surface area contributed by atoms with Crippen molar-refractivity contribution in [1.82, 2.24) is 10.6 Å². The number of rotatable bonds is 5. The molecular weight excluding hydrogens is 380 g/mol. The molecule has 0 atom stereocenters. The molecule has 4 nitrogen and oxygen atoms in total. The van der Waals surface area contributed by atoms with Crippen molar-refractivity contribution < 1.29 is 9.21 Å². The van der Waals surface area contributed by atoms with Crippen molar-refractivity contribution in [2.75, 3.05) is 0 Å². The van der Waals surface area contributed by atoms with Gasteiger partial charge in [0.15, 0.2) is 5.11 Å². The van der Waals surface area contributed by atoms with Crippen LogP contribution in [0.4, 0.5) is 0 Å². The third kappa shape index (κ3) is 5.18. The Bertz CT molecular complexity index is 934. The van der Waals surface area contributed by atoms with Gasteiger partial charge < -0.3 is 9.73 Å². The molecular formula is C21H19ClN2O2S. The fraction of sp³-hybridized carbons (Fsp3) is 0.143. The smallest absolute Gasteiger partial charge is 0.257 e. The largest absolute Gasteiger partial charge is 0.459 e.